The molecule has 0 aromatic heterocycles. The van der Waals surface area contributed by atoms with Crippen LogP contribution in [-0.2, 0) is 4.79 Å². The van der Waals surface area contributed by atoms with Crippen LogP contribution in [0.3, 0.4) is 0 Å². The van der Waals surface area contributed by atoms with Crippen molar-refractivity contribution in [2.24, 2.45) is 0 Å². The SMILES string of the molecule is Nc1c(OC=O)ccc2ccccc12. The Balaban J connectivity index is 2.68. The number of ether oxygens (including phenoxy) is 1. The fourth-order valence-electron chi connectivity index (χ4n) is 1.43. The maximum Gasteiger partial charge on any atom is 0.298 e. The summed E-state index contributed by atoms with van der Waals surface area (Å²) in [6.45, 7) is 0.375. The predicted octanol–water partition coefficient (Wildman–Crippen LogP) is 1.96. The Morgan fingerprint density at radius 1 is 1.14 bits per heavy atom. The number of carbonyl (C=O) groups is 1. The minimum atomic E-state index is 0.375. The van der Waals surface area contributed by atoms with Crippen molar-refractivity contribution in [3.63, 3.8) is 0 Å². The van der Waals surface area contributed by atoms with Gasteiger partial charge in [-0.2, -0.15) is 0 Å². The molecule has 0 saturated carbocycles. The first-order valence-corrected chi connectivity index (χ1v) is 4.20. The number of hydrogen-bond donors (Lipinski definition) is 1. The molecule has 0 heterocycles. The van der Waals surface area contributed by atoms with E-state index in [2.05, 4.69) is 0 Å². The summed E-state index contributed by atoms with van der Waals surface area (Å²) in [6, 6.07) is 11.2. The average Bonchev–Trinajstić information content (AvgIpc) is 2.23. The van der Waals surface area contributed by atoms with Crippen molar-refractivity contribution in [1.82, 2.24) is 0 Å². The molecule has 0 amide bonds. The highest BCUT2D eigenvalue weighted by Crippen LogP contribution is 2.29. The lowest BCUT2D eigenvalue weighted by molar-refractivity contribution is -0.120. The number of anilines is 1. The zero-order valence-corrected chi connectivity index (χ0v) is 7.44. The van der Waals surface area contributed by atoms with Crippen molar-refractivity contribution in [2.75, 3.05) is 5.73 Å². The van der Waals surface area contributed by atoms with Gasteiger partial charge >= 0.3 is 0 Å². The molecule has 14 heavy (non-hydrogen) atoms. The second-order valence-electron chi connectivity index (χ2n) is 2.91. The molecule has 70 valence electrons. The van der Waals surface area contributed by atoms with E-state index in [0.29, 0.717) is 17.9 Å². The van der Waals surface area contributed by atoms with E-state index < -0.39 is 0 Å². The molecule has 0 atom stereocenters. The van der Waals surface area contributed by atoms with Crippen LogP contribution >= 0.6 is 0 Å². The van der Waals surface area contributed by atoms with Crippen LogP contribution in [0.1, 0.15) is 0 Å². The smallest absolute Gasteiger partial charge is 0.298 e. The van der Waals surface area contributed by atoms with Crippen LogP contribution in [0.25, 0.3) is 10.8 Å². The monoisotopic (exact) mass is 187 g/mol. The molecule has 0 unspecified atom stereocenters. The number of hydrogen-bond acceptors (Lipinski definition) is 3. The van der Waals surface area contributed by atoms with Gasteiger partial charge in [-0.3, -0.25) is 4.79 Å². The van der Waals surface area contributed by atoms with Crippen molar-refractivity contribution in [2.45, 2.75) is 0 Å². The Morgan fingerprint density at radius 2 is 1.93 bits per heavy atom. The quantitative estimate of drug-likeness (QED) is 0.577. The molecule has 0 aliphatic heterocycles. The molecule has 0 saturated heterocycles. The molecule has 2 aromatic carbocycles. The van der Waals surface area contributed by atoms with Crippen LogP contribution in [-0.4, -0.2) is 6.47 Å². The van der Waals surface area contributed by atoms with E-state index in [1.54, 1.807) is 6.07 Å². The lowest BCUT2D eigenvalue weighted by Gasteiger charge is -2.05. The lowest BCUT2D eigenvalue weighted by Crippen LogP contribution is -1.95. The summed E-state index contributed by atoms with van der Waals surface area (Å²) in [5.74, 6) is 0.402. The van der Waals surface area contributed by atoms with Gasteiger partial charge in [0.05, 0.1) is 5.69 Å². The van der Waals surface area contributed by atoms with Crippen LogP contribution in [0.15, 0.2) is 36.4 Å². The number of rotatable bonds is 2. The van der Waals surface area contributed by atoms with Gasteiger partial charge in [-0.25, -0.2) is 0 Å². The summed E-state index contributed by atoms with van der Waals surface area (Å²) in [5, 5.41) is 1.93. The maximum atomic E-state index is 10.2. The number of nitrogens with two attached hydrogens (primary N) is 1. The van der Waals surface area contributed by atoms with Crippen molar-refractivity contribution in [3.05, 3.63) is 36.4 Å². The Kier molecular flexibility index (Phi) is 2.07. The molecule has 3 heteroatoms. The molecule has 2 aromatic rings. The topological polar surface area (TPSA) is 52.3 Å². The summed E-state index contributed by atoms with van der Waals surface area (Å²) in [6.07, 6.45) is 0. The van der Waals surface area contributed by atoms with E-state index >= 15 is 0 Å². The van der Waals surface area contributed by atoms with E-state index in [9.17, 15) is 4.79 Å². The fraction of sp³-hybridized carbons (Fsp3) is 0. The van der Waals surface area contributed by atoms with Gasteiger partial charge in [-0.15, -0.1) is 0 Å². The minimum Gasteiger partial charge on any atom is -0.427 e. The first-order chi connectivity index (χ1) is 6.83. The third-order valence-corrected chi connectivity index (χ3v) is 2.11. The first-order valence-electron chi connectivity index (χ1n) is 4.20. The van der Waals surface area contributed by atoms with E-state index in [0.717, 1.165) is 10.8 Å². The predicted molar refractivity (Wildman–Crippen MR) is 55.1 cm³/mol. The van der Waals surface area contributed by atoms with Gasteiger partial charge in [0.2, 0.25) is 0 Å². The molecule has 0 fully saturated rings. The van der Waals surface area contributed by atoms with Gasteiger partial charge in [0.15, 0.2) is 5.75 Å². The van der Waals surface area contributed by atoms with Crippen LogP contribution in [0.2, 0.25) is 0 Å². The van der Waals surface area contributed by atoms with Crippen LogP contribution in [0.5, 0.6) is 5.75 Å². The largest absolute Gasteiger partial charge is 0.427 e. The zero-order chi connectivity index (χ0) is 9.97. The van der Waals surface area contributed by atoms with Crippen molar-refractivity contribution < 1.29 is 9.53 Å². The van der Waals surface area contributed by atoms with Gasteiger partial charge in [0.25, 0.3) is 6.47 Å². The van der Waals surface area contributed by atoms with Gasteiger partial charge in [-0.1, -0.05) is 30.3 Å². The number of benzene rings is 2. The normalized spacial score (nSPS) is 10.0. The molecule has 0 radical (unpaired) electrons. The van der Waals surface area contributed by atoms with E-state index in [1.807, 2.05) is 30.3 Å². The van der Waals surface area contributed by atoms with E-state index in [1.165, 1.54) is 0 Å². The third-order valence-electron chi connectivity index (χ3n) is 2.11. The van der Waals surface area contributed by atoms with Crippen molar-refractivity contribution in [3.8, 4) is 5.75 Å². The molecule has 0 aliphatic carbocycles. The summed E-state index contributed by atoms with van der Waals surface area (Å²) >= 11 is 0. The molecule has 0 spiro atoms. The summed E-state index contributed by atoms with van der Waals surface area (Å²) in [7, 11) is 0. The minimum absolute atomic E-state index is 0.375. The number of fused-ring (bicyclic) bond motifs is 1. The van der Waals surface area contributed by atoms with Gasteiger partial charge in [-0.05, 0) is 11.5 Å². The number of nitrogen functional groups attached to an aromatic ring is 1. The Labute approximate surface area is 81.1 Å². The average molecular weight is 187 g/mol. The summed E-state index contributed by atoms with van der Waals surface area (Å²) < 4.78 is 4.74. The highest BCUT2D eigenvalue weighted by Gasteiger charge is 2.03. The Bertz CT molecular complexity index is 480. The standard InChI is InChI=1S/C11H9NO2/c12-11-9-4-2-1-3-8(9)5-6-10(11)14-7-13/h1-7H,12H2. The Hall–Kier alpha value is -2.03. The second kappa shape index (κ2) is 3.38. The molecule has 2 rings (SSSR count). The van der Waals surface area contributed by atoms with Crippen molar-refractivity contribution >= 4 is 22.9 Å². The van der Waals surface area contributed by atoms with Gasteiger partial charge in [0, 0.05) is 5.39 Å². The molecular formula is C11H9NO2. The van der Waals surface area contributed by atoms with Gasteiger partial charge < -0.3 is 10.5 Å². The zero-order valence-electron chi connectivity index (χ0n) is 7.44. The highest BCUT2D eigenvalue weighted by atomic mass is 16.5. The molecule has 2 N–H and O–H groups in total. The van der Waals surface area contributed by atoms with Crippen LogP contribution < -0.4 is 10.5 Å². The third kappa shape index (κ3) is 1.29. The first kappa shape index (κ1) is 8.56. The summed E-state index contributed by atoms with van der Waals surface area (Å²) in [4.78, 5) is 10.2. The van der Waals surface area contributed by atoms with Crippen LogP contribution in [0.4, 0.5) is 5.69 Å². The highest BCUT2D eigenvalue weighted by molar-refractivity contribution is 5.96. The molecule has 0 aliphatic rings. The Morgan fingerprint density at radius 3 is 2.71 bits per heavy atom. The van der Waals surface area contributed by atoms with Crippen molar-refractivity contribution in [1.29, 1.82) is 0 Å². The molecule has 0 bridgehead atoms. The summed E-state index contributed by atoms with van der Waals surface area (Å²) in [5.41, 5.74) is 6.32. The fourth-order valence-corrected chi connectivity index (χ4v) is 1.43. The molecular weight excluding hydrogens is 178 g/mol. The van der Waals surface area contributed by atoms with E-state index in [4.69, 9.17) is 10.5 Å². The molecule has 3 nitrogen and oxygen atoms in total. The number of carbonyl (C=O) groups excluding carboxylic acids is 1. The second-order valence-corrected chi connectivity index (χ2v) is 2.91. The maximum absolute atomic E-state index is 10.2. The van der Waals surface area contributed by atoms with Gasteiger partial charge in [0.1, 0.15) is 0 Å². The van der Waals surface area contributed by atoms with Crippen LogP contribution in [0, 0.1) is 0 Å². The van der Waals surface area contributed by atoms with E-state index in [-0.39, 0.29) is 0 Å². The lowest BCUT2D eigenvalue weighted by atomic mass is 10.1.